The number of carbonyl (C=O) groups excluding carboxylic acids is 4. The Morgan fingerprint density at radius 1 is 0.927 bits per heavy atom. The second-order valence-corrected chi connectivity index (χ2v) is 11.4. The molecule has 0 fully saturated rings. The van der Waals surface area contributed by atoms with Gasteiger partial charge in [0.25, 0.3) is 15.9 Å². The smallest absolute Gasteiger partial charge is 0.356 e. The lowest BCUT2D eigenvalue weighted by Crippen LogP contribution is -2.32. The number of nitrogens with one attached hydrogen (secondary N) is 2. The van der Waals surface area contributed by atoms with Crippen molar-refractivity contribution in [3.63, 3.8) is 0 Å². The van der Waals surface area contributed by atoms with Crippen molar-refractivity contribution < 1.29 is 37.1 Å². The highest BCUT2D eigenvalue weighted by Crippen LogP contribution is 2.18. The zero-order valence-corrected chi connectivity index (χ0v) is 23.7. The number of benzene rings is 2. The fourth-order valence-corrected chi connectivity index (χ4v) is 4.65. The molecule has 0 atom stereocenters. The molecule has 1 heterocycles. The lowest BCUT2D eigenvalue weighted by Gasteiger charge is -2.20. The first-order valence-corrected chi connectivity index (χ1v) is 14.1. The van der Waals surface area contributed by atoms with Gasteiger partial charge in [0.05, 0.1) is 29.4 Å². The summed E-state index contributed by atoms with van der Waals surface area (Å²) in [5, 5.41) is 2.81. The zero-order chi connectivity index (χ0) is 30.0. The van der Waals surface area contributed by atoms with Crippen molar-refractivity contribution in [3.05, 3.63) is 95.3 Å². The highest BCUT2D eigenvalue weighted by molar-refractivity contribution is 7.90. The molecule has 0 aliphatic rings. The van der Waals surface area contributed by atoms with E-state index in [1.165, 1.54) is 31.4 Å². The van der Waals surface area contributed by atoms with Gasteiger partial charge in [0.2, 0.25) is 5.91 Å². The summed E-state index contributed by atoms with van der Waals surface area (Å²) in [5.41, 5.74) is 0.246. The number of pyridine rings is 1. The molecule has 0 radical (unpaired) electrons. The fraction of sp³-hybridized carbons (Fsp3) is 0.276. The van der Waals surface area contributed by atoms with Gasteiger partial charge in [0, 0.05) is 12.7 Å². The molecule has 11 nitrogen and oxygen atoms in total. The number of hydrogen-bond acceptors (Lipinski definition) is 9. The first kappa shape index (κ1) is 31.0. The number of rotatable bonds is 12. The Labute approximate surface area is 238 Å². The van der Waals surface area contributed by atoms with Gasteiger partial charge in [-0.05, 0) is 55.7 Å². The van der Waals surface area contributed by atoms with Crippen LogP contribution in [0.1, 0.15) is 45.8 Å². The highest BCUT2D eigenvalue weighted by Gasteiger charge is 2.31. The summed E-state index contributed by atoms with van der Waals surface area (Å²) >= 11 is 0. The van der Waals surface area contributed by atoms with Crippen LogP contribution in [0.4, 0.5) is 0 Å². The largest absolute Gasteiger partial charge is 0.469 e. The van der Waals surface area contributed by atoms with Crippen molar-refractivity contribution in [2.75, 3.05) is 20.3 Å². The third kappa shape index (κ3) is 8.97. The van der Waals surface area contributed by atoms with Crippen LogP contribution in [0.3, 0.4) is 0 Å². The van der Waals surface area contributed by atoms with Gasteiger partial charge in [-0.3, -0.25) is 14.4 Å². The van der Waals surface area contributed by atoms with Crippen LogP contribution in [0.5, 0.6) is 0 Å². The minimum absolute atomic E-state index is 0.0997. The molecule has 0 aliphatic carbocycles. The molecule has 0 saturated carbocycles. The van der Waals surface area contributed by atoms with Crippen molar-refractivity contribution in [2.24, 2.45) is 5.41 Å². The number of methoxy groups -OCH3 is 1. The van der Waals surface area contributed by atoms with E-state index < -0.39 is 33.3 Å². The summed E-state index contributed by atoms with van der Waals surface area (Å²) in [7, 11) is -3.00. The summed E-state index contributed by atoms with van der Waals surface area (Å²) < 4.78 is 37.5. The number of carbonyl (C=O) groups is 4. The Hall–Kier alpha value is -4.58. The Morgan fingerprint density at radius 3 is 2.29 bits per heavy atom. The van der Waals surface area contributed by atoms with Gasteiger partial charge in [-0.2, -0.15) is 0 Å². The third-order valence-electron chi connectivity index (χ3n) is 5.92. The van der Waals surface area contributed by atoms with E-state index in [1.807, 2.05) is 35.1 Å². The minimum Gasteiger partial charge on any atom is -0.469 e. The van der Waals surface area contributed by atoms with Crippen molar-refractivity contribution in [1.82, 2.24) is 15.0 Å². The molecular formula is C29H31N3O8S. The molecule has 2 aromatic carbocycles. The molecule has 0 saturated heterocycles. The molecule has 2 N–H and O–H groups in total. The normalized spacial score (nSPS) is 11.3. The first-order chi connectivity index (χ1) is 19.4. The number of nitrogens with zero attached hydrogens (tertiary/aromatic N) is 1. The average molecular weight is 582 g/mol. The molecule has 0 unspecified atom stereocenters. The van der Waals surface area contributed by atoms with Gasteiger partial charge in [-0.1, -0.05) is 42.5 Å². The van der Waals surface area contributed by atoms with Crippen molar-refractivity contribution in [3.8, 4) is 0 Å². The third-order valence-corrected chi connectivity index (χ3v) is 7.24. The lowest BCUT2D eigenvalue weighted by molar-refractivity contribution is -0.152. The summed E-state index contributed by atoms with van der Waals surface area (Å²) in [6.07, 6.45) is 1.67. The molecule has 3 rings (SSSR count). The number of sulfonamides is 1. The number of ether oxygens (including phenoxy) is 2. The van der Waals surface area contributed by atoms with Crippen LogP contribution in [0, 0.1) is 5.41 Å². The maximum atomic E-state index is 12.9. The quantitative estimate of drug-likeness (QED) is 0.307. The van der Waals surface area contributed by atoms with Gasteiger partial charge in [0.15, 0.2) is 0 Å². The average Bonchev–Trinajstić information content (AvgIpc) is 2.96. The Kier molecular flexibility index (Phi) is 10.3. The van der Waals surface area contributed by atoms with Gasteiger partial charge in [-0.25, -0.2) is 22.9 Å². The summed E-state index contributed by atoms with van der Waals surface area (Å²) in [6.45, 7) is 3.16. The Bertz CT molecular complexity index is 1500. The van der Waals surface area contributed by atoms with Crippen LogP contribution in [0.2, 0.25) is 0 Å². The van der Waals surface area contributed by atoms with E-state index in [-0.39, 0.29) is 35.1 Å². The van der Waals surface area contributed by atoms with Gasteiger partial charge < -0.3 is 14.8 Å². The van der Waals surface area contributed by atoms with Gasteiger partial charge in [-0.15, -0.1) is 0 Å². The summed E-state index contributed by atoms with van der Waals surface area (Å²) in [6, 6.07) is 17.8. The highest BCUT2D eigenvalue weighted by atomic mass is 32.2. The predicted octanol–water partition coefficient (Wildman–Crippen LogP) is 2.46. The Balaban J connectivity index is 1.55. The summed E-state index contributed by atoms with van der Waals surface area (Å²) in [5.74, 6) is -2.47. The fourth-order valence-electron chi connectivity index (χ4n) is 3.60. The standard InChI is InChI=1S/C29H31N3O8S/c1-29(2,28(36)39-3)19-40-27(35)24-13-12-22(18-31-24)26(34)32-41(37,38)23-11-7-10-21(16-23)14-15-30-25(33)17-20-8-5-4-6-9-20/h4-13,16,18H,14-15,17,19H2,1-3H3,(H,30,33)(H,32,34). The van der Waals surface area contributed by atoms with Crippen LogP contribution in [0.25, 0.3) is 0 Å². The van der Waals surface area contributed by atoms with Gasteiger partial charge in [0.1, 0.15) is 12.3 Å². The molecule has 0 bridgehead atoms. The van der Waals surface area contributed by atoms with Crippen LogP contribution in [0.15, 0.2) is 77.8 Å². The number of aromatic nitrogens is 1. The Morgan fingerprint density at radius 2 is 1.63 bits per heavy atom. The number of hydrogen-bond donors (Lipinski definition) is 2. The first-order valence-electron chi connectivity index (χ1n) is 12.6. The minimum atomic E-state index is -4.22. The molecule has 41 heavy (non-hydrogen) atoms. The molecule has 3 aromatic rings. The van der Waals surface area contributed by atoms with Crippen molar-refractivity contribution in [2.45, 2.75) is 31.6 Å². The van der Waals surface area contributed by atoms with Crippen LogP contribution < -0.4 is 10.0 Å². The van der Waals surface area contributed by atoms with E-state index in [1.54, 1.807) is 26.0 Å². The monoisotopic (exact) mass is 581 g/mol. The number of esters is 2. The maximum Gasteiger partial charge on any atom is 0.356 e. The molecule has 0 spiro atoms. The van der Waals surface area contributed by atoms with E-state index in [4.69, 9.17) is 4.74 Å². The van der Waals surface area contributed by atoms with Crippen LogP contribution in [-0.2, 0) is 41.9 Å². The SMILES string of the molecule is COC(=O)C(C)(C)COC(=O)c1ccc(C(=O)NS(=O)(=O)c2cccc(CCNC(=O)Cc3ccccc3)c2)cn1. The van der Waals surface area contributed by atoms with Gasteiger partial charge >= 0.3 is 11.9 Å². The van der Waals surface area contributed by atoms with E-state index in [9.17, 15) is 27.6 Å². The van der Waals surface area contributed by atoms with E-state index in [0.717, 1.165) is 11.8 Å². The zero-order valence-electron chi connectivity index (χ0n) is 22.9. The number of amides is 2. The van der Waals surface area contributed by atoms with Crippen molar-refractivity contribution >= 4 is 33.8 Å². The molecular weight excluding hydrogens is 550 g/mol. The topological polar surface area (TPSA) is 158 Å². The molecule has 1 aromatic heterocycles. The van der Waals surface area contributed by atoms with Crippen LogP contribution in [-0.4, -0.2) is 57.4 Å². The molecule has 2 amide bonds. The second-order valence-electron chi connectivity index (χ2n) is 9.73. The van der Waals surface area contributed by atoms with E-state index >= 15 is 0 Å². The predicted molar refractivity (Wildman–Crippen MR) is 148 cm³/mol. The second kappa shape index (κ2) is 13.7. The molecule has 12 heteroatoms. The summed E-state index contributed by atoms with van der Waals surface area (Å²) in [4.78, 5) is 52.5. The van der Waals surface area contributed by atoms with Crippen LogP contribution >= 0.6 is 0 Å². The molecule has 216 valence electrons. The van der Waals surface area contributed by atoms with Crippen molar-refractivity contribution in [1.29, 1.82) is 0 Å². The van der Waals surface area contributed by atoms with E-state index in [0.29, 0.717) is 18.5 Å². The lowest BCUT2D eigenvalue weighted by atomic mass is 9.95. The maximum absolute atomic E-state index is 12.9. The van der Waals surface area contributed by atoms with E-state index in [2.05, 4.69) is 15.0 Å². The molecule has 0 aliphatic heterocycles.